The molecule has 27 heavy (non-hydrogen) atoms. The van der Waals surface area contributed by atoms with Crippen molar-refractivity contribution in [2.75, 3.05) is 31.5 Å². The summed E-state index contributed by atoms with van der Waals surface area (Å²) < 4.78 is 14.0. The number of benzene rings is 1. The highest BCUT2D eigenvalue weighted by atomic mass is 35.5. The van der Waals surface area contributed by atoms with E-state index in [1.54, 1.807) is 11.8 Å². The number of piperidine rings is 1. The molecule has 0 bridgehead atoms. The van der Waals surface area contributed by atoms with Gasteiger partial charge in [-0.15, -0.1) is 0 Å². The maximum absolute atomic E-state index is 14.0. The monoisotopic (exact) mass is 396 g/mol. The van der Waals surface area contributed by atoms with E-state index < -0.39 is 5.82 Å². The van der Waals surface area contributed by atoms with Crippen molar-refractivity contribution in [2.45, 2.75) is 38.6 Å². The molecule has 2 saturated heterocycles. The van der Waals surface area contributed by atoms with Gasteiger partial charge >= 0.3 is 6.03 Å². The second-order valence-electron chi connectivity index (χ2n) is 7.36. The highest BCUT2D eigenvalue weighted by molar-refractivity contribution is 6.31. The number of aryl methyl sites for hydroxylation is 1. The van der Waals surface area contributed by atoms with Gasteiger partial charge in [-0.1, -0.05) is 11.6 Å². The van der Waals surface area contributed by atoms with E-state index >= 15 is 0 Å². The number of nitrogens with zero attached hydrogens (tertiary/aromatic N) is 1. The van der Waals surface area contributed by atoms with E-state index in [4.69, 9.17) is 11.6 Å². The predicted octanol–water partition coefficient (Wildman–Crippen LogP) is 2.90. The first-order valence-corrected chi connectivity index (χ1v) is 9.84. The Morgan fingerprint density at radius 2 is 2.15 bits per heavy atom. The Morgan fingerprint density at radius 1 is 1.33 bits per heavy atom. The van der Waals surface area contributed by atoms with Gasteiger partial charge in [0, 0.05) is 24.7 Å². The van der Waals surface area contributed by atoms with Crippen LogP contribution >= 0.6 is 11.6 Å². The van der Waals surface area contributed by atoms with Gasteiger partial charge in [-0.05, 0) is 62.8 Å². The number of amides is 3. The number of hydrogen-bond donors (Lipinski definition) is 3. The van der Waals surface area contributed by atoms with Gasteiger partial charge in [-0.3, -0.25) is 4.79 Å². The Morgan fingerprint density at radius 3 is 2.89 bits per heavy atom. The summed E-state index contributed by atoms with van der Waals surface area (Å²) in [4.78, 5) is 26.3. The summed E-state index contributed by atoms with van der Waals surface area (Å²) in [5.74, 6) is -0.276. The smallest absolute Gasteiger partial charge is 0.321 e. The summed E-state index contributed by atoms with van der Waals surface area (Å²) in [6, 6.07) is 2.30. The summed E-state index contributed by atoms with van der Waals surface area (Å²) >= 11 is 6.03. The highest BCUT2D eigenvalue weighted by Gasteiger charge is 2.26. The van der Waals surface area contributed by atoms with Crippen LogP contribution in [0.25, 0.3) is 0 Å². The number of hydrogen-bond acceptors (Lipinski definition) is 3. The summed E-state index contributed by atoms with van der Waals surface area (Å²) in [7, 11) is 0. The van der Waals surface area contributed by atoms with Crippen molar-refractivity contribution in [2.24, 2.45) is 5.92 Å². The second kappa shape index (κ2) is 8.89. The minimum atomic E-state index is -0.505. The summed E-state index contributed by atoms with van der Waals surface area (Å²) in [5.41, 5.74) is 0.705. The third kappa shape index (κ3) is 5.11. The van der Waals surface area contributed by atoms with Gasteiger partial charge in [-0.2, -0.15) is 0 Å². The van der Waals surface area contributed by atoms with E-state index in [0.717, 1.165) is 32.2 Å². The van der Waals surface area contributed by atoms with Crippen LogP contribution in [0.4, 0.5) is 14.9 Å². The van der Waals surface area contributed by atoms with Gasteiger partial charge in [0.2, 0.25) is 5.91 Å². The van der Waals surface area contributed by atoms with Crippen LogP contribution < -0.4 is 16.0 Å². The molecule has 0 spiro atoms. The lowest BCUT2D eigenvalue weighted by molar-refractivity contribution is -0.123. The Hall–Kier alpha value is -1.86. The van der Waals surface area contributed by atoms with Crippen molar-refractivity contribution in [3.05, 3.63) is 28.5 Å². The molecule has 3 rings (SSSR count). The van der Waals surface area contributed by atoms with Crippen LogP contribution in [0, 0.1) is 18.7 Å². The number of carbonyl (C=O) groups excluding carboxylic acids is 2. The molecule has 2 aliphatic rings. The van der Waals surface area contributed by atoms with E-state index in [1.165, 1.54) is 12.1 Å². The van der Waals surface area contributed by atoms with Crippen molar-refractivity contribution in [1.29, 1.82) is 0 Å². The molecule has 1 aromatic rings. The number of carbonyl (C=O) groups is 2. The zero-order chi connectivity index (χ0) is 19.4. The first kappa shape index (κ1) is 19.9. The minimum Gasteiger partial charge on any atom is -0.354 e. The standard InChI is InChI=1S/C19H26ClFN4O2/c1-12-8-15(21)17(9-14(12)20)24-19(27)25-7-3-4-13(11-25)10-23-18(26)16-5-2-6-22-16/h8-9,13,16,22H,2-7,10-11H2,1H3,(H,23,26)(H,24,27). The molecule has 2 unspecified atom stereocenters. The zero-order valence-corrected chi connectivity index (χ0v) is 16.2. The van der Waals surface area contributed by atoms with Crippen molar-refractivity contribution >= 4 is 29.2 Å². The molecule has 0 aromatic heterocycles. The zero-order valence-electron chi connectivity index (χ0n) is 15.5. The summed E-state index contributed by atoms with van der Waals surface area (Å²) in [6.07, 6.45) is 3.70. The molecular formula is C19H26ClFN4O2. The predicted molar refractivity (Wildman–Crippen MR) is 103 cm³/mol. The second-order valence-corrected chi connectivity index (χ2v) is 7.77. The highest BCUT2D eigenvalue weighted by Crippen LogP contribution is 2.25. The number of likely N-dealkylation sites (tertiary alicyclic amines) is 1. The number of urea groups is 1. The van der Waals surface area contributed by atoms with Crippen molar-refractivity contribution in [3.63, 3.8) is 0 Å². The van der Waals surface area contributed by atoms with Crippen LogP contribution in [0.15, 0.2) is 12.1 Å². The number of nitrogens with one attached hydrogen (secondary N) is 3. The van der Waals surface area contributed by atoms with Crippen LogP contribution in [0.3, 0.4) is 0 Å². The van der Waals surface area contributed by atoms with Gasteiger partial charge < -0.3 is 20.9 Å². The van der Waals surface area contributed by atoms with Gasteiger partial charge in [0.15, 0.2) is 0 Å². The van der Waals surface area contributed by atoms with E-state index in [2.05, 4.69) is 16.0 Å². The fourth-order valence-electron chi connectivity index (χ4n) is 3.63. The van der Waals surface area contributed by atoms with Gasteiger partial charge in [0.1, 0.15) is 5.82 Å². The molecule has 0 aliphatic carbocycles. The lowest BCUT2D eigenvalue weighted by Crippen LogP contribution is -2.47. The molecule has 2 heterocycles. The van der Waals surface area contributed by atoms with Crippen LogP contribution in [-0.2, 0) is 4.79 Å². The minimum absolute atomic E-state index is 0.0328. The Bertz CT molecular complexity index is 709. The SMILES string of the molecule is Cc1cc(F)c(NC(=O)N2CCCC(CNC(=O)C3CCCN3)C2)cc1Cl. The van der Waals surface area contributed by atoms with Gasteiger partial charge in [0.25, 0.3) is 0 Å². The van der Waals surface area contributed by atoms with Crippen molar-refractivity contribution in [1.82, 2.24) is 15.5 Å². The van der Waals surface area contributed by atoms with Gasteiger partial charge in [0.05, 0.1) is 11.7 Å². The Balaban J connectivity index is 1.52. The molecular weight excluding hydrogens is 371 g/mol. The van der Waals surface area contributed by atoms with Crippen LogP contribution in [-0.4, -0.2) is 49.1 Å². The summed E-state index contributed by atoms with van der Waals surface area (Å²) in [6.45, 7) is 4.29. The van der Waals surface area contributed by atoms with E-state index in [9.17, 15) is 14.0 Å². The molecule has 8 heteroatoms. The maximum atomic E-state index is 14.0. The lowest BCUT2D eigenvalue weighted by atomic mass is 9.98. The normalized spacial score (nSPS) is 22.6. The largest absolute Gasteiger partial charge is 0.354 e. The molecule has 148 valence electrons. The first-order valence-electron chi connectivity index (χ1n) is 9.46. The quantitative estimate of drug-likeness (QED) is 0.732. The third-order valence-electron chi connectivity index (χ3n) is 5.24. The molecule has 2 atom stereocenters. The topological polar surface area (TPSA) is 73.5 Å². The molecule has 0 radical (unpaired) electrons. The Kier molecular flexibility index (Phi) is 6.55. The Labute approximate surface area is 163 Å². The molecule has 2 fully saturated rings. The first-order chi connectivity index (χ1) is 12.9. The number of rotatable bonds is 4. The number of halogens is 2. The molecule has 0 saturated carbocycles. The van der Waals surface area contributed by atoms with E-state index in [0.29, 0.717) is 30.2 Å². The summed E-state index contributed by atoms with van der Waals surface area (Å²) in [5, 5.41) is 9.19. The van der Waals surface area contributed by atoms with Crippen LogP contribution in [0.2, 0.25) is 5.02 Å². The van der Waals surface area contributed by atoms with Crippen LogP contribution in [0.5, 0.6) is 0 Å². The third-order valence-corrected chi connectivity index (χ3v) is 5.65. The molecule has 3 amide bonds. The van der Waals surface area contributed by atoms with Crippen molar-refractivity contribution in [3.8, 4) is 0 Å². The molecule has 3 N–H and O–H groups in total. The fraction of sp³-hybridized carbons (Fsp3) is 0.579. The van der Waals surface area contributed by atoms with Crippen molar-refractivity contribution < 1.29 is 14.0 Å². The van der Waals surface area contributed by atoms with E-state index in [1.807, 2.05) is 0 Å². The lowest BCUT2D eigenvalue weighted by Gasteiger charge is -2.33. The molecule has 2 aliphatic heterocycles. The maximum Gasteiger partial charge on any atom is 0.321 e. The molecule has 6 nitrogen and oxygen atoms in total. The van der Waals surface area contributed by atoms with E-state index in [-0.39, 0.29) is 29.6 Å². The van der Waals surface area contributed by atoms with Crippen LogP contribution in [0.1, 0.15) is 31.2 Å². The fourth-order valence-corrected chi connectivity index (χ4v) is 3.79. The average Bonchev–Trinajstić information content (AvgIpc) is 3.19. The average molecular weight is 397 g/mol. The molecule has 1 aromatic carbocycles. The van der Waals surface area contributed by atoms with Gasteiger partial charge in [-0.25, -0.2) is 9.18 Å². The number of anilines is 1.